The van der Waals surface area contributed by atoms with E-state index >= 15 is 0 Å². The summed E-state index contributed by atoms with van der Waals surface area (Å²) >= 11 is 6.08. The molecule has 0 spiro atoms. The third kappa shape index (κ3) is 6.77. The molecule has 0 saturated carbocycles. The third-order valence-corrected chi connectivity index (χ3v) is 5.65. The van der Waals surface area contributed by atoms with Crippen LogP contribution in [0.1, 0.15) is 23.1 Å². The fourth-order valence-corrected chi connectivity index (χ4v) is 3.81. The van der Waals surface area contributed by atoms with Crippen LogP contribution in [0.5, 0.6) is 0 Å². The number of benzene rings is 2. The van der Waals surface area contributed by atoms with E-state index in [0.29, 0.717) is 49.9 Å². The van der Waals surface area contributed by atoms with Gasteiger partial charge in [-0.05, 0) is 42.8 Å². The zero-order valence-corrected chi connectivity index (χ0v) is 18.4. The minimum atomic E-state index is -4.97. The van der Waals surface area contributed by atoms with E-state index in [2.05, 4.69) is 10.2 Å². The zero-order chi connectivity index (χ0) is 24.4. The quantitative estimate of drug-likeness (QED) is 0.532. The average molecular weight is 494 g/mol. The molecule has 0 bridgehead atoms. The molecule has 1 aliphatic rings. The smallest absolute Gasteiger partial charge is 0.369 e. The maximum Gasteiger partial charge on any atom is 0.416 e. The number of hydrogen-bond acceptors (Lipinski definition) is 3. The highest BCUT2D eigenvalue weighted by Gasteiger charge is 2.37. The highest BCUT2D eigenvalue weighted by atomic mass is 35.5. The summed E-state index contributed by atoms with van der Waals surface area (Å²) in [5.41, 5.74) is -1.36. The first kappa shape index (κ1) is 25.2. The van der Waals surface area contributed by atoms with Crippen molar-refractivity contribution in [3.05, 3.63) is 58.1 Å². The van der Waals surface area contributed by atoms with Crippen LogP contribution in [0.2, 0.25) is 5.02 Å². The van der Waals surface area contributed by atoms with Crippen LogP contribution < -0.4 is 10.2 Å². The molecule has 0 atom stereocenters. The second kappa shape index (κ2) is 9.80. The monoisotopic (exact) mass is 493 g/mol. The SMILES string of the molecule is Cc1ccc(Cl)cc1N1CCN(CCC(=O)Nc2cc(C(F)(F)F)cc(C(F)(F)F)c2)CC1. The highest BCUT2D eigenvalue weighted by Crippen LogP contribution is 2.37. The second-order valence-electron chi connectivity index (χ2n) is 7.85. The van der Waals surface area contributed by atoms with E-state index in [4.69, 9.17) is 11.6 Å². The molecule has 33 heavy (non-hydrogen) atoms. The van der Waals surface area contributed by atoms with Gasteiger partial charge in [-0.1, -0.05) is 17.7 Å². The van der Waals surface area contributed by atoms with Crippen molar-refractivity contribution in [1.29, 1.82) is 0 Å². The van der Waals surface area contributed by atoms with Gasteiger partial charge >= 0.3 is 12.4 Å². The molecule has 1 saturated heterocycles. The number of alkyl halides is 6. The Kier molecular flexibility index (Phi) is 7.48. The Morgan fingerprint density at radius 1 is 0.939 bits per heavy atom. The number of rotatable bonds is 5. The molecule has 0 radical (unpaired) electrons. The lowest BCUT2D eigenvalue weighted by Gasteiger charge is -2.36. The standard InChI is InChI=1S/C22H22ClF6N3O/c1-14-2-3-17(23)13-19(14)32-8-6-31(7-9-32)5-4-20(33)30-18-11-15(21(24,25)26)10-16(12-18)22(27,28)29/h2-3,10-13H,4-9H2,1H3,(H,30,33). The number of carbonyl (C=O) groups is 1. The molecule has 1 amide bonds. The van der Waals surface area contributed by atoms with Gasteiger partial charge in [0, 0.05) is 55.5 Å². The average Bonchev–Trinajstić information content (AvgIpc) is 2.73. The van der Waals surface area contributed by atoms with Crippen LogP contribution in [0, 0.1) is 6.92 Å². The van der Waals surface area contributed by atoms with Crippen LogP contribution >= 0.6 is 11.6 Å². The predicted octanol–water partition coefficient (Wildman–Crippen LogP) is 5.84. The van der Waals surface area contributed by atoms with Crippen molar-refractivity contribution in [2.45, 2.75) is 25.7 Å². The minimum Gasteiger partial charge on any atom is -0.369 e. The van der Waals surface area contributed by atoms with E-state index in [0.717, 1.165) is 11.3 Å². The molecule has 0 unspecified atom stereocenters. The van der Waals surface area contributed by atoms with Crippen molar-refractivity contribution < 1.29 is 31.1 Å². The van der Waals surface area contributed by atoms with E-state index in [1.54, 1.807) is 0 Å². The van der Waals surface area contributed by atoms with Crippen LogP contribution in [0.3, 0.4) is 0 Å². The normalized spacial score (nSPS) is 15.6. The number of hydrogen-bond donors (Lipinski definition) is 1. The molecule has 180 valence electrons. The summed E-state index contributed by atoms with van der Waals surface area (Å²) in [6.07, 6.45) is -10.0. The van der Waals surface area contributed by atoms with Crippen molar-refractivity contribution in [3.63, 3.8) is 0 Å². The lowest BCUT2D eigenvalue weighted by Crippen LogP contribution is -2.47. The van der Waals surface area contributed by atoms with Crippen LogP contribution in [0.15, 0.2) is 36.4 Å². The Hall–Kier alpha value is -2.46. The molecule has 1 aliphatic heterocycles. The Morgan fingerprint density at radius 2 is 1.52 bits per heavy atom. The van der Waals surface area contributed by atoms with E-state index < -0.39 is 35.1 Å². The van der Waals surface area contributed by atoms with E-state index in [1.807, 2.05) is 30.0 Å². The summed E-state index contributed by atoms with van der Waals surface area (Å²) in [6, 6.07) is 6.67. The van der Waals surface area contributed by atoms with Crippen molar-refractivity contribution in [1.82, 2.24) is 4.90 Å². The van der Waals surface area contributed by atoms with Crippen LogP contribution in [0.25, 0.3) is 0 Å². The van der Waals surface area contributed by atoms with Gasteiger partial charge < -0.3 is 10.2 Å². The molecular formula is C22H22ClF6N3O. The first-order valence-electron chi connectivity index (χ1n) is 10.2. The molecule has 1 heterocycles. The summed E-state index contributed by atoms with van der Waals surface area (Å²) in [5.74, 6) is -0.657. The molecule has 1 N–H and O–H groups in total. The topological polar surface area (TPSA) is 35.6 Å². The largest absolute Gasteiger partial charge is 0.416 e. The van der Waals surface area contributed by atoms with Gasteiger partial charge in [0.1, 0.15) is 0 Å². The van der Waals surface area contributed by atoms with Gasteiger partial charge in [-0.15, -0.1) is 0 Å². The zero-order valence-electron chi connectivity index (χ0n) is 17.7. The molecule has 1 fully saturated rings. The van der Waals surface area contributed by atoms with Crippen molar-refractivity contribution in [2.24, 2.45) is 0 Å². The summed E-state index contributed by atoms with van der Waals surface area (Å²) in [7, 11) is 0. The molecule has 4 nitrogen and oxygen atoms in total. The number of amides is 1. The van der Waals surface area contributed by atoms with Gasteiger partial charge in [0.15, 0.2) is 0 Å². The molecule has 3 rings (SSSR count). The van der Waals surface area contributed by atoms with Crippen LogP contribution in [0.4, 0.5) is 37.7 Å². The fourth-order valence-electron chi connectivity index (χ4n) is 3.65. The van der Waals surface area contributed by atoms with E-state index in [9.17, 15) is 31.1 Å². The Bertz CT molecular complexity index is 968. The van der Waals surface area contributed by atoms with Gasteiger partial charge in [0.05, 0.1) is 11.1 Å². The Morgan fingerprint density at radius 3 is 2.06 bits per heavy atom. The number of piperazine rings is 1. The fraction of sp³-hybridized carbons (Fsp3) is 0.409. The van der Waals surface area contributed by atoms with Gasteiger partial charge in [0.25, 0.3) is 0 Å². The molecule has 2 aromatic rings. The van der Waals surface area contributed by atoms with Gasteiger partial charge in [-0.25, -0.2) is 0 Å². The molecular weight excluding hydrogens is 472 g/mol. The maximum atomic E-state index is 13.0. The Labute approximate surface area is 192 Å². The minimum absolute atomic E-state index is 0.0246. The highest BCUT2D eigenvalue weighted by molar-refractivity contribution is 6.30. The van der Waals surface area contributed by atoms with Gasteiger partial charge in [-0.3, -0.25) is 9.69 Å². The van der Waals surface area contributed by atoms with E-state index in [1.165, 1.54) is 0 Å². The van der Waals surface area contributed by atoms with Gasteiger partial charge in [0.2, 0.25) is 5.91 Å². The lowest BCUT2D eigenvalue weighted by atomic mass is 10.1. The number of aryl methyl sites for hydroxylation is 1. The Balaban J connectivity index is 1.56. The van der Waals surface area contributed by atoms with Crippen molar-refractivity contribution >= 4 is 28.9 Å². The van der Waals surface area contributed by atoms with Crippen LogP contribution in [-0.4, -0.2) is 43.5 Å². The summed E-state index contributed by atoms with van der Waals surface area (Å²) in [5, 5.41) is 2.80. The first-order chi connectivity index (χ1) is 15.3. The molecule has 11 heteroatoms. The number of anilines is 2. The summed E-state index contributed by atoms with van der Waals surface area (Å²) < 4.78 is 77.8. The number of carbonyl (C=O) groups excluding carboxylic acids is 1. The summed E-state index contributed by atoms with van der Waals surface area (Å²) in [6.45, 7) is 5.03. The van der Waals surface area contributed by atoms with Crippen molar-refractivity contribution in [2.75, 3.05) is 42.9 Å². The number of halogens is 7. The van der Waals surface area contributed by atoms with Crippen LogP contribution in [-0.2, 0) is 17.1 Å². The van der Waals surface area contributed by atoms with Crippen molar-refractivity contribution in [3.8, 4) is 0 Å². The number of nitrogens with one attached hydrogen (secondary N) is 1. The third-order valence-electron chi connectivity index (χ3n) is 5.41. The maximum absolute atomic E-state index is 13.0. The first-order valence-corrected chi connectivity index (χ1v) is 10.5. The molecule has 0 aliphatic carbocycles. The predicted molar refractivity (Wildman–Crippen MR) is 115 cm³/mol. The molecule has 2 aromatic carbocycles. The van der Waals surface area contributed by atoms with Gasteiger partial charge in [-0.2, -0.15) is 26.3 Å². The second-order valence-corrected chi connectivity index (χ2v) is 8.29. The lowest BCUT2D eigenvalue weighted by molar-refractivity contribution is -0.143. The molecule has 0 aromatic heterocycles. The summed E-state index contributed by atoms with van der Waals surface area (Å²) in [4.78, 5) is 16.4. The van der Waals surface area contributed by atoms with E-state index in [-0.39, 0.29) is 12.5 Å². The number of nitrogens with zero attached hydrogens (tertiary/aromatic N) is 2.